The standard InChI is InChI=1S/C16H20F2N6O3S/c1-9-8-20-24(10-2-3-10)11(9)13-21-14(27-22-13)12-15(16(12,17)18)4-6-23(7-5-15)28(19,25)26/h8,10,12H,2-7H2,1H3,(H2,19,25,26)/t12-/m0/s1. The lowest BCUT2D eigenvalue weighted by molar-refractivity contribution is 0.0406. The number of hydrogen-bond donors (Lipinski definition) is 1. The lowest BCUT2D eigenvalue weighted by atomic mass is 9.91. The van der Waals surface area contributed by atoms with Gasteiger partial charge in [-0.2, -0.15) is 22.8 Å². The van der Waals surface area contributed by atoms with Crippen molar-refractivity contribution in [1.29, 1.82) is 0 Å². The van der Waals surface area contributed by atoms with Crippen LogP contribution in [0.5, 0.6) is 0 Å². The van der Waals surface area contributed by atoms with Gasteiger partial charge in [0.25, 0.3) is 16.1 Å². The fraction of sp³-hybridized carbons (Fsp3) is 0.688. The van der Waals surface area contributed by atoms with Gasteiger partial charge in [-0.15, -0.1) is 0 Å². The number of nitrogens with two attached hydrogens (primary N) is 1. The molecule has 1 atom stereocenters. The minimum Gasteiger partial charge on any atom is -0.338 e. The van der Waals surface area contributed by atoms with Crippen molar-refractivity contribution in [2.75, 3.05) is 13.1 Å². The summed E-state index contributed by atoms with van der Waals surface area (Å²) in [7, 11) is -3.88. The number of piperidine rings is 1. The summed E-state index contributed by atoms with van der Waals surface area (Å²) in [6.45, 7) is 1.78. The average Bonchev–Trinajstić information content (AvgIpc) is 3.39. The number of nitrogens with zero attached hydrogens (tertiary/aromatic N) is 5. The minimum atomic E-state index is -3.88. The summed E-state index contributed by atoms with van der Waals surface area (Å²) in [5.41, 5.74) is 0.196. The number of halogens is 2. The topological polar surface area (TPSA) is 120 Å². The highest BCUT2D eigenvalue weighted by atomic mass is 32.2. The maximum atomic E-state index is 14.8. The molecule has 2 aliphatic carbocycles. The summed E-state index contributed by atoms with van der Waals surface area (Å²) in [6, 6.07) is 0.293. The van der Waals surface area contributed by atoms with Crippen LogP contribution in [-0.4, -0.2) is 51.7 Å². The molecular weight excluding hydrogens is 394 g/mol. The third-order valence-corrected chi connectivity index (χ3v) is 7.33. The molecule has 9 nitrogen and oxygen atoms in total. The van der Waals surface area contributed by atoms with Crippen LogP contribution in [0.4, 0.5) is 8.78 Å². The van der Waals surface area contributed by atoms with Crippen LogP contribution in [0.15, 0.2) is 10.7 Å². The molecule has 152 valence electrons. The summed E-state index contributed by atoms with van der Waals surface area (Å²) >= 11 is 0. The molecule has 1 saturated heterocycles. The van der Waals surface area contributed by atoms with E-state index in [9.17, 15) is 17.2 Å². The Morgan fingerprint density at radius 3 is 2.57 bits per heavy atom. The van der Waals surface area contributed by atoms with Gasteiger partial charge < -0.3 is 4.52 Å². The van der Waals surface area contributed by atoms with Crippen molar-refractivity contribution in [2.45, 2.75) is 50.5 Å². The first-order valence-electron chi connectivity index (χ1n) is 9.19. The molecule has 0 bridgehead atoms. The second-order valence-corrected chi connectivity index (χ2v) is 9.51. The Labute approximate surface area is 160 Å². The van der Waals surface area contributed by atoms with E-state index in [1.165, 1.54) is 0 Å². The molecular formula is C16H20F2N6O3S. The van der Waals surface area contributed by atoms with Gasteiger partial charge in [0.1, 0.15) is 11.6 Å². The fourth-order valence-electron chi connectivity index (χ4n) is 4.43. The van der Waals surface area contributed by atoms with Crippen LogP contribution in [-0.2, 0) is 10.2 Å². The molecule has 3 fully saturated rings. The molecule has 1 spiro atoms. The highest BCUT2D eigenvalue weighted by Crippen LogP contribution is 2.75. The Kier molecular flexibility index (Phi) is 3.61. The van der Waals surface area contributed by atoms with Crippen molar-refractivity contribution in [3.8, 4) is 11.5 Å². The molecule has 28 heavy (non-hydrogen) atoms. The molecule has 2 aromatic heterocycles. The van der Waals surface area contributed by atoms with Gasteiger partial charge in [0.15, 0.2) is 0 Å². The van der Waals surface area contributed by atoms with Crippen LogP contribution in [0.3, 0.4) is 0 Å². The van der Waals surface area contributed by atoms with E-state index in [0.29, 0.717) is 11.7 Å². The smallest absolute Gasteiger partial charge is 0.276 e. The van der Waals surface area contributed by atoms with Gasteiger partial charge in [0.2, 0.25) is 11.7 Å². The quantitative estimate of drug-likeness (QED) is 0.811. The van der Waals surface area contributed by atoms with Crippen LogP contribution in [0.25, 0.3) is 11.5 Å². The lowest BCUT2D eigenvalue weighted by Gasteiger charge is -2.30. The number of alkyl halides is 2. The van der Waals surface area contributed by atoms with Gasteiger partial charge in [-0.3, -0.25) is 4.68 Å². The van der Waals surface area contributed by atoms with Gasteiger partial charge in [-0.1, -0.05) is 5.16 Å². The monoisotopic (exact) mass is 414 g/mol. The van der Waals surface area contributed by atoms with E-state index in [4.69, 9.17) is 9.66 Å². The largest absolute Gasteiger partial charge is 0.338 e. The number of hydrogen-bond acceptors (Lipinski definition) is 6. The maximum Gasteiger partial charge on any atom is 0.276 e. The minimum absolute atomic E-state index is 0.00214. The van der Waals surface area contributed by atoms with Crippen LogP contribution in [0.1, 0.15) is 49.1 Å². The van der Waals surface area contributed by atoms with Crippen molar-refractivity contribution in [2.24, 2.45) is 10.6 Å². The maximum absolute atomic E-state index is 14.8. The Morgan fingerprint density at radius 2 is 1.96 bits per heavy atom. The van der Waals surface area contributed by atoms with E-state index < -0.39 is 27.5 Å². The molecule has 0 amide bonds. The van der Waals surface area contributed by atoms with E-state index in [0.717, 1.165) is 22.7 Å². The Hall–Kier alpha value is -1.92. The molecule has 2 saturated carbocycles. The molecule has 3 heterocycles. The van der Waals surface area contributed by atoms with Gasteiger partial charge in [-0.05, 0) is 38.2 Å². The first kappa shape index (κ1) is 18.1. The number of aromatic nitrogens is 4. The first-order chi connectivity index (χ1) is 13.1. The first-order valence-corrected chi connectivity index (χ1v) is 10.7. The van der Waals surface area contributed by atoms with E-state index in [1.54, 1.807) is 6.20 Å². The molecule has 0 unspecified atom stereocenters. The van der Waals surface area contributed by atoms with Gasteiger partial charge in [0.05, 0.1) is 17.7 Å². The van der Waals surface area contributed by atoms with Gasteiger partial charge >= 0.3 is 0 Å². The van der Waals surface area contributed by atoms with Crippen molar-refractivity contribution in [1.82, 2.24) is 24.2 Å². The molecule has 5 rings (SSSR count). The molecule has 12 heteroatoms. The summed E-state index contributed by atoms with van der Waals surface area (Å²) in [4.78, 5) is 4.28. The third kappa shape index (κ3) is 2.47. The van der Waals surface area contributed by atoms with Crippen LogP contribution >= 0.6 is 0 Å². The summed E-state index contributed by atoms with van der Waals surface area (Å²) in [5.74, 6) is -4.07. The second-order valence-electron chi connectivity index (χ2n) is 7.96. The van der Waals surface area contributed by atoms with Crippen molar-refractivity contribution in [3.63, 3.8) is 0 Å². The number of aryl methyl sites for hydroxylation is 1. The van der Waals surface area contributed by atoms with Crippen LogP contribution in [0, 0.1) is 12.3 Å². The van der Waals surface area contributed by atoms with Gasteiger partial charge in [0, 0.05) is 13.1 Å². The van der Waals surface area contributed by atoms with Gasteiger partial charge in [-0.25, -0.2) is 13.9 Å². The lowest BCUT2D eigenvalue weighted by Crippen LogP contribution is -2.43. The highest BCUT2D eigenvalue weighted by Gasteiger charge is 2.82. The molecule has 1 aliphatic heterocycles. The van der Waals surface area contributed by atoms with Crippen molar-refractivity contribution < 1.29 is 21.7 Å². The SMILES string of the molecule is Cc1cnn(C2CC2)c1-c1noc([C@@H]2C(F)(F)C23CCN(S(N)(=O)=O)CC3)n1. The molecule has 2 aromatic rings. The van der Waals surface area contributed by atoms with E-state index >= 15 is 0 Å². The summed E-state index contributed by atoms with van der Waals surface area (Å²) < 4.78 is 60.5. The predicted molar refractivity (Wildman–Crippen MR) is 92.6 cm³/mol. The predicted octanol–water partition coefficient (Wildman–Crippen LogP) is 1.59. The molecule has 0 radical (unpaired) electrons. The van der Waals surface area contributed by atoms with Crippen LogP contribution < -0.4 is 5.14 Å². The Balaban J connectivity index is 1.42. The summed E-state index contributed by atoms with van der Waals surface area (Å²) in [5, 5.41) is 13.4. The summed E-state index contributed by atoms with van der Waals surface area (Å²) in [6.07, 6.45) is 3.74. The Morgan fingerprint density at radius 1 is 1.29 bits per heavy atom. The van der Waals surface area contributed by atoms with Crippen molar-refractivity contribution in [3.05, 3.63) is 17.7 Å². The molecule has 0 aromatic carbocycles. The normalized spacial score (nSPS) is 26.6. The Bertz CT molecular complexity index is 1040. The number of rotatable bonds is 4. The molecule has 2 N–H and O–H groups in total. The zero-order chi connectivity index (χ0) is 19.9. The molecule has 3 aliphatic rings. The van der Waals surface area contributed by atoms with E-state index in [-0.39, 0.29) is 37.6 Å². The second kappa shape index (κ2) is 5.57. The average molecular weight is 414 g/mol. The van der Waals surface area contributed by atoms with E-state index in [2.05, 4.69) is 15.2 Å². The van der Waals surface area contributed by atoms with Crippen molar-refractivity contribution >= 4 is 10.2 Å². The van der Waals surface area contributed by atoms with Crippen LogP contribution in [0.2, 0.25) is 0 Å². The highest BCUT2D eigenvalue weighted by molar-refractivity contribution is 7.86. The fourth-order valence-corrected chi connectivity index (χ4v) is 5.13. The van der Waals surface area contributed by atoms with E-state index in [1.807, 2.05) is 11.6 Å². The third-order valence-electron chi connectivity index (χ3n) is 6.24. The zero-order valence-corrected chi connectivity index (χ0v) is 16.0. The zero-order valence-electron chi connectivity index (χ0n) is 15.2.